The Morgan fingerprint density at radius 1 is 1.64 bits per heavy atom. The van der Waals surface area contributed by atoms with Gasteiger partial charge in [0.2, 0.25) is 0 Å². The summed E-state index contributed by atoms with van der Waals surface area (Å²) in [7, 11) is 3.45. The molecule has 11 heavy (non-hydrogen) atoms. The van der Waals surface area contributed by atoms with E-state index in [1.165, 1.54) is 5.12 Å². The Morgan fingerprint density at radius 2 is 2.18 bits per heavy atom. The second-order valence-electron chi connectivity index (χ2n) is 2.20. The van der Waals surface area contributed by atoms with Gasteiger partial charge in [0.1, 0.15) is 6.23 Å². The van der Waals surface area contributed by atoms with Crippen molar-refractivity contribution in [3.05, 3.63) is 0 Å². The van der Waals surface area contributed by atoms with Crippen LogP contribution in [0.5, 0.6) is 0 Å². The molecule has 0 aliphatic heterocycles. The molecule has 0 aromatic heterocycles. The van der Waals surface area contributed by atoms with Gasteiger partial charge in [0.15, 0.2) is 0 Å². The smallest absolute Gasteiger partial charge is 0.125 e. The summed E-state index contributed by atoms with van der Waals surface area (Å²) in [6.07, 6.45) is -0.0518. The van der Waals surface area contributed by atoms with Crippen molar-refractivity contribution in [2.24, 2.45) is 5.22 Å². The molecule has 66 valence electrons. The number of hydrazine groups is 1. The lowest BCUT2D eigenvalue weighted by Crippen LogP contribution is -2.42. The Bertz CT molecular complexity index is 119. The van der Waals surface area contributed by atoms with Crippen molar-refractivity contribution in [2.75, 3.05) is 20.7 Å². The van der Waals surface area contributed by atoms with Crippen molar-refractivity contribution < 1.29 is 4.74 Å². The highest BCUT2D eigenvalue weighted by molar-refractivity contribution is 4.45. The molecule has 0 saturated carbocycles. The number of nitrogens with zero attached hydrogens (tertiary/aromatic N) is 3. The molecule has 1 N–H and O–H groups in total. The number of methoxy groups -OCH3 is 1. The first-order chi connectivity index (χ1) is 5.17. The lowest BCUT2D eigenvalue weighted by Gasteiger charge is -2.30. The summed E-state index contributed by atoms with van der Waals surface area (Å²) in [6, 6.07) is 0. The van der Waals surface area contributed by atoms with Gasteiger partial charge < -0.3 is 4.74 Å². The Balaban J connectivity index is 3.96. The van der Waals surface area contributed by atoms with Crippen LogP contribution in [-0.4, -0.2) is 37.1 Å². The summed E-state index contributed by atoms with van der Waals surface area (Å²) in [5.74, 6) is 0. The first-order valence-corrected chi connectivity index (χ1v) is 3.57. The van der Waals surface area contributed by atoms with Crippen LogP contribution in [0, 0.1) is 5.53 Å². The van der Waals surface area contributed by atoms with E-state index >= 15 is 0 Å². The first kappa shape index (κ1) is 10.3. The monoisotopic (exact) mass is 160 g/mol. The maximum atomic E-state index is 6.81. The Kier molecular flexibility index (Phi) is 4.72. The van der Waals surface area contributed by atoms with Gasteiger partial charge in [0.25, 0.3) is 0 Å². The van der Waals surface area contributed by atoms with Crippen LogP contribution in [0.3, 0.4) is 0 Å². The molecule has 1 atom stereocenters. The van der Waals surface area contributed by atoms with Gasteiger partial charge in [-0.25, -0.2) is 5.12 Å². The summed E-state index contributed by atoms with van der Waals surface area (Å²) in [4.78, 5) is 0. The highest BCUT2D eigenvalue weighted by Crippen LogP contribution is 2.01. The standard InChI is InChI=1S/C6H16N4O/c1-5-10(8-7)9(3)6(2)11-4/h6-7H,5H2,1-4H3. The van der Waals surface area contributed by atoms with Crippen molar-refractivity contribution in [1.29, 1.82) is 5.53 Å². The van der Waals surface area contributed by atoms with E-state index in [0.29, 0.717) is 6.54 Å². The van der Waals surface area contributed by atoms with Gasteiger partial charge in [-0.15, -0.1) is 0 Å². The van der Waals surface area contributed by atoms with E-state index < -0.39 is 0 Å². The van der Waals surface area contributed by atoms with Crippen LogP contribution in [0.15, 0.2) is 5.22 Å². The minimum atomic E-state index is -0.0518. The molecule has 5 nitrogen and oxygen atoms in total. The minimum absolute atomic E-state index is 0.0518. The molecule has 5 heteroatoms. The van der Waals surface area contributed by atoms with Crippen molar-refractivity contribution in [2.45, 2.75) is 20.1 Å². The number of ether oxygens (including phenoxy) is 1. The zero-order valence-electron chi connectivity index (χ0n) is 7.53. The second-order valence-corrected chi connectivity index (χ2v) is 2.20. The van der Waals surface area contributed by atoms with Crippen LogP contribution in [0.1, 0.15) is 13.8 Å². The predicted molar refractivity (Wildman–Crippen MR) is 41.8 cm³/mol. The summed E-state index contributed by atoms with van der Waals surface area (Å²) < 4.78 is 5.04. The summed E-state index contributed by atoms with van der Waals surface area (Å²) in [5.41, 5.74) is 6.81. The van der Waals surface area contributed by atoms with Crippen LogP contribution in [0.4, 0.5) is 0 Å². The van der Waals surface area contributed by atoms with E-state index in [9.17, 15) is 0 Å². The average Bonchev–Trinajstić information content (AvgIpc) is 2.05. The Hall–Kier alpha value is -0.680. The lowest BCUT2D eigenvalue weighted by atomic mass is 10.6. The normalized spacial score (nSPS) is 13.2. The minimum Gasteiger partial charge on any atom is -0.365 e. The van der Waals surface area contributed by atoms with Crippen LogP contribution >= 0.6 is 0 Å². The molecule has 0 radical (unpaired) electrons. The number of nitrogens with one attached hydrogen (secondary N) is 1. The molecular formula is C6H16N4O. The largest absolute Gasteiger partial charge is 0.365 e. The topological polar surface area (TPSA) is 51.9 Å². The quantitative estimate of drug-likeness (QED) is 0.372. The maximum Gasteiger partial charge on any atom is 0.125 e. The van der Waals surface area contributed by atoms with Gasteiger partial charge in [-0.3, -0.25) is 0 Å². The second kappa shape index (κ2) is 5.03. The molecule has 0 aliphatic carbocycles. The van der Waals surface area contributed by atoms with E-state index in [4.69, 9.17) is 10.3 Å². The van der Waals surface area contributed by atoms with Crippen LogP contribution in [0.25, 0.3) is 0 Å². The van der Waals surface area contributed by atoms with Gasteiger partial charge in [0.05, 0.1) is 6.54 Å². The summed E-state index contributed by atoms with van der Waals surface area (Å²) >= 11 is 0. The van der Waals surface area contributed by atoms with E-state index in [0.717, 1.165) is 0 Å². The van der Waals surface area contributed by atoms with Gasteiger partial charge in [0, 0.05) is 14.2 Å². The molecule has 0 saturated heterocycles. The molecule has 0 heterocycles. The maximum absolute atomic E-state index is 6.81. The van der Waals surface area contributed by atoms with E-state index in [1.54, 1.807) is 12.1 Å². The third-order valence-electron chi connectivity index (χ3n) is 1.63. The first-order valence-electron chi connectivity index (χ1n) is 3.57. The third-order valence-corrected chi connectivity index (χ3v) is 1.63. The summed E-state index contributed by atoms with van der Waals surface area (Å²) in [5, 5.41) is 6.58. The summed E-state index contributed by atoms with van der Waals surface area (Å²) in [6.45, 7) is 4.50. The van der Waals surface area contributed by atoms with Crippen LogP contribution in [-0.2, 0) is 4.74 Å². The Labute approximate surface area is 67.4 Å². The molecule has 0 aromatic carbocycles. The highest BCUT2D eigenvalue weighted by Gasteiger charge is 2.12. The van der Waals surface area contributed by atoms with Gasteiger partial charge in [-0.2, -0.15) is 10.5 Å². The Morgan fingerprint density at radius 3 is 2.45 bits per heavy atom. The number of rotatable bonds is 5. The highest BCUT2D eigenvalue weighted by atomic mass is 16.5. The van der Waals surface area contributed by atoms with Crippen LogP contribution in [0.2, 0.25) is 0 Å². The molecule has 0 amide bonds. The molecule has 0 bridgehead atoms. The number of hydrogen-bond acceptors (Lipinski definition) is 4. The lowest BCUT2D eigenvalue weighted by molar-refractivity contribution is -0.132. The number of hydrogen-bond donors (Lipinski definition) is 1. The SMILES string of the molecule is CCN(N=N)N(C)C(C)OC. The fourth-order valence-corrected chi connectivity index (χ4v) is 0.705. The van der Waals surface area contributed by atoms with Crippen molar-refractivity contribution in [1.82, 2.24) is 10.1 Å². The van der Waals surface area contributed by atoms with Crippen molar-refractivity contribution in [3.8, 4) is 0 Å². The molecule has 0 rings (SSSR count). The van der Waals surface area contributed by atoms with Crippen LogP contribution < -0.4 is 0 Å². The predicted octanol–water partition coefficient (Wildman–Crippen LogP) is 1.09. The zero-order valence-corrected chi connectivity index (χ0v) is 7.53. The van der Waals surface area contributed by atoms with E-state index in [2.05, 4.69) is 5.22 Å². The van der Waals surface area contributed by atoms with Gasteiger partial charge >= 0.3 is 0 Å². The fourth-order valence-electron chi connectivity index (χ4n) is 0.705. The molecule has 0 fully saturated rings. The van der Waals surface area contributed by atoms with Gasteiger partial charge in [-0.05, 0) is 13.8 Å². The third kappa shape index (κ3) is 2.81. The fraction of sp³-hybridized carbons (Fsp3) is 1.00. The zero-order chi connectivity index (χ0) is 8.85. The molecule has 1 unspecified atom stereocenters. The van der Waals surface area contributed by atoms with Gasteiger partial charge in [-0.1, -0.05) is 5.22 Å². The average molecular weight is 160 g/mol. The van der Waals surface area contributed by atoms with Crippen molar-refractivity contribution in [3.63, 3.8) is 0 Å². The molecule has 0 spiro atoms. The van der Waals surface area contributed by atoms with E-state index in [1.807, 2.05) is 20.9 Å². The molecule has 0 aliphatic rings. The molecular weight excluding hydrogens is 144 g/mol. The van der Waals surface area contributed by atoms with E-state index in [-0.39, 0.29) is 6.23 Å². The van der Waals surface area contributed by atoms with Crippen molar-refractivity contribution >= 4 is 0 Å². The molecule has 0 aromatic rings.